The molecule has 0 aliphatic carbocycles. The third kappa shape index (κ3) is 4.65. The molecule has 0 aliphatic rings. The van der Waals surface area contributed by atoms with Crippen LogP contribution in [0.3, 0.4) is 0 Å². The number of nitrogens with one attached hydrogen (secondary N) is 2. The molecule has 1 atom stereocenters. The van der Waals surface area contributed by atoms with Gasteiger partial charge < -0.3 is 15.4 Å². The second-order valence-electron chi connectivity index (χ2n) is 7.41. The molecule has 6 heteroatoms. The topological polar surface area (TPSA) is 63.2 Å². The monoisotopic (exact) mass is 443 g/mol. The van der Waals surface area contributed by atoms with Crippen molar-refractivity contribution in [3.8, 4) is 5.75 Å². The lowest BCUT2D eigenvalue weighted by molar-refractivity contribution is 0.102. The predicted molar refractivity (Wildman–Crippen MR) is 131 cm³/mol. The van der Waals surface area contributed by atoms with Crippen LogP contribution in [0.4, 0.5) is 10.8 Å². The zero-order chi connectivity index (χ0) is 22.5. The smallest absolute Gasteiger partial charge is 0.256 e. The van der Waals surface area contributed by atoms with Gasteiger partial charge in [0.2, 0.25) is 0 Å². The van der Waals surface area contributed by atoms with E-state index in [9.17, 15) is 4.79 Å². The molecule has 0 aliphatic heterocycles. The van der Waals surface area contributed by atoms with Crippen molar-refractivity contribution in [3.05, 3.63) is 106 Å². The minimum atomic E-state index is -0.202. The quantitative estimate of drug-likeness (QED) is 0.356. The summed E-state index contributed by atoms with van der Waals surface area (Å²) in [4.78, 5) is 18.5. The fourth-order valence-corrected chi connectivity index (χ4v) is 4.66. The third-order valence-electron chi connectivity index (χ3n) is 5.39. The number of ether oxygens (including phenoxy) is 1. The van der Waals surface area contributed by atoms with Crippen LogP contribution >= 0.6 is 11.3 Å². The molecule has 4 rings (SSSR count). The van der Waals surface area contributed by atoms with Crippen molar-refractivity contribution in [1.82, 2.24) is 4.98 Å². The standard InChI is InChI=1S/C26H25N3O2S/c1-17-18(2)32-26(29-25(30)20-9-5-4-6-10-20)23(17)24(28-22-11-7-8-16-27-22)19-12-14-21(31-3)15-13-19/h4-16,24H,1-3H3,(H,27,28)(H,29,30)/t24-/m0/s1. The normalized spacial score (nSPS) is 11.6. The van der Waals surface area contributed by atoms with Gasteiger partial charge in [-0.25, -0.2) is 4.98 Å². The second-order valence-corrected chi connectivity index (χ2v) is 8.64. The molecule has 1 amide bonds. The molecule has 0 radical (unpaired) electrons. The maximum atomic E-state index is 12.9. The van der Waals surface area contributed by atoms with Gasteiger partial charge in [0.15, 0.2) is 0 Å². The number of carbonyl (C=O) groups is 1. The highest BCUT2D eigenvalue weighted by Crippen LogP contribution is 2.41. The molecule has 2 N–H and O–H groups in total. The number of aryl methyl sites for hydroxylation is 1. The van der Waals surface area contributed by atoms with Gasteiger partial charge in [-0.05, 0) is 61.4 Å². The molecule has 0 spiro atoms. The first kappa shape index (κ1) is 21.6. The van der Waals surface area contributed by atoms with Gasteiger partial charge in [0.1, 0.15) is 16.6 Å². The Kier molecular flexibility index (Phi) is 6.52. The van der Waals surface area contributed by atoms with Crippen LogP contribution in [-0.4, -0.2) is 18.0 Å². The number of thiophene rings is 1. The van der Waals surface area contributed by atoms with Gasteiger partial charge in [-0.15, -0.1) is 11.3 Å². The summed E-state index contributed by atoms with van der Waals surface area (Å²) in [5.74, 6) is 1.43. The van der Waals surface area contributed by atoms with Gasteiger partial charge in [-0.2, -0.15) is 0 Å². The van der Waals surface area contributed by atoms with E-state index in [4.69, 9.17) is 4.74 Å². The minimum Gasteiger partial charge on any atom is -0.497 e. The summed E-state index contributed by atoms with van der Waals surface area (Å²) in [5, 5.41) is 7.53. The summed E-state index contributed by atoms with van der Waals surface area (Å²) in [6.07, 6.45) is 1.76. The number of carbonyl (C=O) groups excluding carboxylic acids is 1. The Morgan fingerprint density at radius 3 is 2.34 bits per heavy atom. The number of amides is 1. The Labute approximate surface area is 192 Å². The zero-order valence-corrected chi connectivity index (χ0v) is 19.1. The molecule has 32 heavy (non-hydrogen) atoms. The molecule has 2 aromatic carbocycles. The number of rotatable bonds is 7. The van der Waals surface area contributed by atoms with Crippen molar-refractivity contribution in [2.24, 2.45) is 0 Å². The lowest BCUT2D eigenvalue weighted by atomic mass is 9.96. The number of aromatic nitrogens is 1. The number of nitrogens with zero attached hydrogens (tertiary/aromatic N) is 1. The fraction of sp³-hybridized carbons (Fsp3) is 0.154. The van der Waals surface area contributed by atoms with E-state index in [0.29, 0.717) is 5.56 Å². The summed E-state index contributed by atoms with van der Waals surface area (Å²) < 4.78 is 5.34. The highest BCUT2D eigenvalue weighted by Gasteiger charge is 2.25. The highest BCUT2D eigenvalue weighted by molar-refractivity contribution is 7.16. The van der Waals surface area contributed by atoms with Crippen molar-refractivity contribution in [2.75, 3.05) is 17.7 Å². The maximum Gasteiger partial charge on any atom is 0.256 e. The number of benzene rings is 2. The van der Waals surface area contributed by atoms with Crippen LogP contribution in [0.15, 0.2) is 79.0 Å². The molecule has 4 aromatic rings. The number of hydrogen-bond acceptors (Lipinski definition) is 5. The van der Waals surface area contributed by atoms with E-state index in [1.165, 1.54) is 0 Å². The molecule has 0 saturated heterocycles. The van der Waals surface area contributed by atoms with Crippen LogP contribution < -0.4 is 15.4 Å². The number of methoxy groups -OCH3 is 1. The Hall–Kier alpha value is -3.64. The Bertz CT molecular complexity index is 1190. The molecule has 162 valence electrons. The molecule has 0 saturated carbocycles. The molecular weight excluding hydrogens is 418 g/mol. The third-order valence-corrected chi connectivity index (χ3v) is 6.53. The average Bonchev–Trinajstić information content (AvgIpc) is 3.11. The number of pyridine rings is 1. The van der Waals surface area contributed by atoms with Gasteiger partial charge in [0.25, 0.3) is 5.91 Å². The van der Waals surface area contributed by atoms with Gasteiger partial charge in [0, 0.05) is 22.2 Å². The van der Waals surface area contributed by atoms with Crippen LogP contribution in [0, 0.1) is 13.8 Å². The first-order chi connectivity index (χ1) is 15.6. The van der Waals surface area contributed by atoms with Crippen LogP contribution in [0.2, 0.25) is 0 Å². The van der Waals surface area contributed by atoms with E-state index in [-0.39, 0.29) is 11.9 Å². The van der Waals surface area contributed by atoms with E-state index >= 15 is 0 Å². The number of anilines is 2. The van der Waals surface area contributed by atoms with Crippen LogP contribution in [0.5, 0.6) is 5.75 Å². The highest BCUT2D eigenvalue weighted by atomic mass is 32.1. The SMILES string of the molecule is COc1ccc([C@H](Nc2ccccn2)c2c(NC(=O)c3ccccc3)sc(C)c2C)cc1. The zero-order valence-electron chi connectivity index (χ0n) is 18.3. The second kappa shape index (κ2) is 9.66. The fourth-order valence-electron chi connectivity index (χ4n) is 3.56. The minimum absolute atomic E-state index is 0.126. The van der Waals surface area contributed by atoms with Crippen molar-refractivity contribution < 1.29 is 9.53 Å². The molecule has 0 bridgehead atoms. The molecule has 2 heterocycles. The van der Waals surface area contributed by atoms with Crippen LogP contribution in [0.25, 0.3) is 0 Å². The number of hydrogen-bond donors (Lipinski definition) is 2. The lowest BCUT2D eigenvalue weighted by Gasteiger charge is -2.22. The largest absolute Gasteiger partial charge is 0.497 e. The van der Waals surface area contributed by atoms with Gasteiger partial charge in [-0.1, -0.05) is 36.4 Å². The maximum absolute atomic E-state index is 12.9. The van der Waals surface area contributed by atoms with E-state index in [1.807, 2.05) is 72.8 Å². The Morgan fingerprint density at radius 2 is 1.69 bits per heavy atom. The van der Waals surface area contributed by atoms with Gasteiger partial charge >= 0.3 is 0 Å². The summed E-state index contributed by atoms with van der Waals surface area (Å²) in [6.45, 7) is 4.17. The van der Waals surface area contributed by atoms with Crippen LogP contribution in [-0.2, 0) is 0 Å². The van der Waals surface area contributed by atoms with Crippen molar-refractivity contribution >= 4 is 28.1 Å². The molecular formula is C26H25N3O2S. The van der Waals surface area contributed by atoms with Crippen molar-refractivity contribution in [2.45, 2.75) is 19.9 Å². The average molecular weight is 444 g/mol. The molecule has 5 nitrogen and oxygen atoms in total. The van der Waals surface area contributed by atoms with Gasteiger partial charge in [0.05, 0.1) is 13.2 Å². The lowest BCUT2D eigenvalue weighted by Crippen LogP contribution is -2.18. The van der Waals surface area contributed by atoms with Crippen molar-refractivity contribution in [3.63, 3.8) is 0 Å². The van der Waals surface area contributed by atoms with E-state index in [1.54, 1.807) is 24.6 Å². The Morgan fingerprint density at radius 1 is 0.969 bits per heavy atom. The summed E-state index contributed by atoms with van der Waals surface area (Å²) in [7, 11) is 1.65. The van der Waals surface area contributed by atoms with Gasteiger partial charge in [-0.3, -0.25) is 4.79 Å². The molecule has 2 aromatic heterocycles. The van der Waals surface area contributed by atoms with Crippen molar-refractivity contribution in [1.29, 1.82) is 0 Å². The summed E-state index contributed by atoms with van der Waals surface area (Å²) in [6, 6.07) is 22.8. The van der Waals surface area contributed by atoms with E-state index < -0.39 is 0 Å². The molecule has 0 unspecified atom stereocenters. The van der Waals surface area contributed by atoms with E-state index in [0.717, 1.165) is 38.1 Å². The van der Waals surface area contributed by atoms with E-state index in [2.05, 4.69) is 29.5 Å². The predicted octanol–water partition coefficient (Wildman–Crippen LogP) is 6.22. The summed E-state index contributed by atoms with van der Waals surface area (Å²) in [5.41, 5.74) is 3.85. The Balaban J connectivity index is 1.76. The van der Waals surface area contributed by atoms with Crippen LogP contribution in [0.1, 0.15) is 38.0 Å². The summed E-state index contributed by atoms with van der Waals surface area (Å²) >= 11 is 1.59. The first-order valence-corrected chi connectivity index (χ1v) is 11.2. The first-order valence-electron chi connectivity index (χ1n) is 10.3. The molecule has 0 fully saturated rings.